The standard InChI is InChI=1S/C15H20O2/c1-11(2)13-9-14(17-10-15(13)16-3)12-7-5-4-6-8-12/h4-8,13-15H,1,9-10H2,2-3H3/t13-,14+,15+/m1/s1. The Bertz CT molecular complexity index is 372. The van der Waals surface area contributed by atoms with Crippen molar-refractivity contribution in [1.82, 2.24) is 0 Å². The second-order valence-corrected chi connectivity index (χ2v) is 4.70. The van der Waals surface area contributed by atoms with Gasteiger partial charge in [0.2, 0.25) is 0 Å². The van der Waals surface area contributed by atoms with Crippen molar-refractivity contribution < 1.29 is 9.47 Å². The second kappa shape index (κ2) is 5.48. The minimum absolute atomic E-state index is 0.146. The van der Waals surface area contributed by atoms with Gasteiger partial charge in [-0.25, -0.2) is 0 Å². The molecule has 0 bridgehead atoms. The van der Waals surface area contributed by atoms with Crippen LogP contribution >= 0.6 is 0 Å². The van der Waals surface area contributed by atoms with Gasteiger partial charge in [-0.15, -0.1) is 0 Å². The fourth-order valence-electron chi connectivity index (χ4n) is 2.43. The lowest BCUT2D eigenvalue weighted by molar-refractivity contribution is -0.0959. The van der Waals surface area contributed by atoms with E-state index in [0.717, 1.165) is 6.42 Å². The summed E-state index contributed by atoms with van der Waals surface area (Å²) >= 11 is 0. The van der Waals surface area contributed by atoms with Crippen molar-refractivity contribution in [2.24, 2.45) is 5.92 Å². The van der Waals surface area contributed by atoms with Crippen LogP contribution in [0.3, 0.4) is 0 Å². The zero-order chi connectivity index (χ0) is 12.3. The first-order valence-electron chi connectivity index (χ1n) is 6.07. The van der Waals surface area contributed by atoms with Crippen LogP contribution in [-0.2, 0) is 9.47 Å². The van der Waals surface area contributed by atoms with Gasteiger partial charge in [0, 0.05) is 13.0 Å². The van der Waals surface area contributed by atoms with E-state index < -0.39 is 0 Å². The third kappa shape index (κ3) is 2.76. The van der Waals surface area contributed by atoms with Crippen LogP contribution in [-0.4, -0.2) is 19.8 Å². The lowest BCUT2D eigenvalue weighted by atomic mass is 9.85. The van der Waals surface area contributed by atoms with Gasteiger partial charge in [-0.1, -0.05) is 42.5 Å². The summed E-state index contributed by atoms with van der Waals surface area (Å²) in [5.74, 6) is 0.388. The van der Waals surface area contributed by atoms with Gasteiger partial charge in [-0.2, -0.15) is 0 Å². The summed E-state index contributed by atoms with van der Waals surface area (Å²) in [6.45, 7) is 6.79. The van der Waals surface area contributed by atoms with Crippen LogP contribution in [0, 0.1) is 5.92 Å². The van der Waals surface area contributed by atoms with Gasteiger partial charge >= 0.3 is 0 Å². The van der Waals surface area contributed by atoms with Crippen molar-refractivity contribution in [3.63, 3.8) is 0 Å². The van der Waals surface area contributed by atoms with Gasteiger partial charge in [0.1, 0.15) is 0 Å². The highest BCUT2D eigenvalue weighted by atomic mass is 16.5. The van der Waals surface area contributed by atoms with Crippen molar-refractivity contribution in [3.05, 3.63) is 48.0 Å². The van der Waals surface area contributed by atoms with Crippen molar-refractivity contribution >= 4 is 0 Å². The van der Waals surface area contributed by atoms with Gasteiger partial charge in [-0.05, 0) is 18.9 Å². The molecule has 0 N–H and O–H groups in total. The first-order chi connectivity index (χ1) is 8.22. The number of rotatable bonds is 3. The Balaban J connectivity index is 2.11. The predicted octanol–water partition coefficient (Wildman–Crippen LogP) is 3.36. The molecule has 1 aromatic carbocycles. The summed E-state index contributed by atoms with van der Waals surface area (Å²) in [6.07, 6.45) is 1.27. The van der Waals surface area contributed by atoms with E-state index >= 15 is 0 Å². The molecule has 2 heteroatoms. The van der Waals surface area contributed by atoms with Crippen molar-refractivity contribution in [1.29, 1.82) is 0 Å². The zero-order valence-corrected chi connectivity index (χ0v) is 10.6. The Kier molecular flexibility index (Phi) is 3.97. The Labute approximate surface area is 103 Å². The van der Waals surface area contributed by atoms with E-state index in [9.17, 15) is 0 Å². The van der Waals surface area contributed by atoms with Crippen molar-refractivity contribution in [3.8, 4) is 0 Å². The van der Waals surface area contributed by atoms with Crippen molar-refractivity contribution in [2.45, 2.75) is 25.6 Å². The first-order valence-corrected chi connectivity index (χ1v) is 6.07. The minimum Gasteiger partial charge on any atom is -0.378 e. The average molecular weight is 232 g/mol. The Hall–Kier alpha value is -1.12. The van der Waals surface area contributed by atoms with E-state index in [1.54, 1.807) is 7.11 Å². The summed E-state index contributed by atoms with van der Waals surface area (Å²) in [7, 11) is 1.74. The van der Waals surface area contributed by atoms with Crippen LogP contribution in [0.4, 0.5) is 0 Å². The maximum absolute atomic E-state index is 5.88. The molecule has 92 valence electrons. The minimum atomic E-state index is 0.146. The average Bonchev–Trinajstić information content (AvgIpc) is 2.39. The number of ether oxygens (including phenoxy) is 2. The fraction of sp³-hybridized carbons (Fsp3) is 0.467. The van der Waals surface area contributed by atoms with E-state index in [1.807, 2.05) is 6.07 Å². The Morgan fingerprint density at radius 3 is 2.65 bits per heavy atom. The molecule has 2 rings (SSSR count). The van der Waals surface area contributed by atoms with Gasteiger partial charge < -0.3 is 9.47 Å². The molecule has 1 aromatic rings. The number of benzene rings is 1. The van der Waals surface area contributed by atoms with Crippen LogP contribution in [0.1, 0.15) is 25.0 Å². The molecule has 1 aliphatic heterocycles. The highest BCUT2D eigenvalue weighted by molar-refractivity contribution is 5.19. The van der Waals surface area contributed by atoms with Crippen LogP contribution < -0.4 is 0 Å². The summed E-state index contributed by atoms with van der Waals surface area (Å²) in [4.78, 5) is 0. The lowest BCUT2D eigenvalue weighted by Crippen LogP contribution is -2.35. The highest BCUT2D eigenvalue weighted by Crippen LogP contribution is 2.35. The fourth-order valence-corrected chi connectivity index (χ4v) is 2.43. The number of hydrogen-bond donors (Lipinski definition) is 0. The monoisotopic (exact) mass is 232 g/mol. The maximum Gasteiger partial charge on any atom is 0.0870 e. The second-order valence-electron chi connectivity index (χ2n) is 4.70. The largest absolute Gasteiger partial charge is 0.378 e. The van der Waals surface area contributed by atoms with Crippen molar-refractivity contribution in [2.75, 3.05) is 13.7 Å². The number of methoxy groups -OCH3 is 1. The molecular formula is C15H20O2. The van der Waals surface area contributed by atoms with Crippen LogP contribution in [0.2, 0.25) is 0 Å². The van der Waals surface area contributed by atoms with E-state index in [0.29, 0.717) is 12.5 Å². The smallest absolute Gasteiger partial charge is 0.0870 e. The van der Waals surface area contributed by atoms with Crippen LogP contribution in [0.15, 0.2) is 42.5 Å². The molecule has 1 fully saturated rings. The Morgan fingerprint density at radius 2 is 2.06 bits per heavy atom. The molecule has 1 aliphatic rings. The van der Waals surface area contributed by atoms with Gasteiger partial charge in [0.05, 0.1) is 18.8 Å². The normalized spacial score (nSPS) is 28.9. The summed E-state index contributed by atoms with van der Waals surface area (Å²) in [5, 5.41) is 0. The molecular weight excluding hydrogens is 212 g/mol. The SMILES string of the molecule is C=C(C)[C@H]1C[C@@H](c2ccccc2)OC[C@@H]1OC. The zero-order valence-electron chi connectivity index (χ0n) is 10.6. The summed E-state index contributed by atoms with van der Waals surface area (Å²) in [6, 6.07) is 10.4. The molecule has 0 radical (unpaired) electrons. The van der Waals surface area contributed by atoms with E-state index in [1.165, 1.54) is 11.1 Å². The molecule has 17 heavy (non-hydrogen) atoms. The molecule has 1 saturated heterocycles. The topological polar surface area (TPSA) is 18.5 Å². The van der Waals surface area contributed by atoms with Gasteiger partial charge in [0.25, 0.3) is 0 Å². The molecule has 0 unspecified atom stereocenters. The molecule has 0 saturated carbocycles. The molecule has 2 nitrogen and oxygen atoms in total. The quantitative estimate of drug-likeness (QED) is 0.744. The molecule has 0 spiro atoms. The number of hydrogen-bond acceptors (Lipinski definition) is 2. The summed E-state index contributed by atoms with van der Waals surface area (Å²) < 4.78 is 11.3. The molecule has 3 atom stereocenters. The van der Waals surface area contributed by atoms with E-state index in [2.05, 4.69) is 37.8 Å². The lowest BCUT2D eigenvalue weighted by Gasteiger charge is -2.36. The van der Waals surface area contributed by atoms with Crippen LogP contribution in [0.5, 0.6) is 0 Å². The molecule has 1 heterocycles. The molecule has 0 aromatic heterocycles. The first kappa shape index (κ1) is 12.3. The van der Waals surface area contributed by atoms with Gasteiger partial charge in [0.15, 0.2) is 0 Å². The highest BCUT2D eigenvalue weighted by Gasteiger charge is 2.32. The Morgan fingerprint density at radius 1 is 1.35 bits per heavy atom. The summed E-state index contributed by atoms with van der Waals surface area (Å²) in [5.41, 5.74) is 2.43. The molecule has 0 amide bonds. The van der Waals surface area contributed by atoms with Crippen LogP contribution in [0.25, 0.3) is 0 Å². The van der Waals surface area contributed by atoms with E-state index in [-0.39, 0.29) is 12.2 Å². The van der Waals surface area contributed by atoms with E-state index in [4.69, 9.17) is 9.47 Å². The predicted molar refractivity (Wildman–Crippen MR) is 68.9 cm³/mol. The third-order valence-corrected chi connectivity index (χ3v) is 3.49. The maximum atomic E-state index is 5.88. The van der Waals surface area contributed by atoms with Gasteiger partial charge in [-0.3, -0.25) is 0 Å². The molecule has 0 aliphatic carbocycles. The third-order valence-electron chi connectivity index (χ3n) is 3.49.